The van der Waals surface area contributed by atoms with Crippen LogP contribution in [0.4, 0.5) is 0 Å². The standard InChI is InChI=1S/C17H31N5/c1-13(2)22(14(3)4)11-10-19-17(18-6)20-12-16-9-7-8-15(5)21-16/h7-9,13-14H,10-12H2,1-6H3,(H2,18,19,20). The van der Waals surface area contributed by atoms with E-state index in [1.54, 1.807) is 7.05 Å². The number of nitrogens with one attached hydrogen (secondary N) is 2. The van der Waals surface area contributed by atoms with Crippen molar-refractivity contribution < 1.29 is 0 Å². The molecule has 0 spiro atoms. The fourth-order valence-corrected chi connectivity index (χ4v) is 2.51. The number of hydrogen-bond donors (Lipinski definition) is 2. The molecule has 0 radical (unpaired) electrons. The van der Waals surface area contributed by atoms with Gasteiger partial charge >= 0.3 is 0 Å². The molecule has 0 unspecified atom stereocenters. The number of pyridine rings is 1. The van der Waals surface area contributed by atoms with Gasteiger partial charge in [-0.25, -0.2) is 0 Å². The van der Waals surface area contributed by atoms with Gasteiger partial charge in [0.1, 0.15) is 0 Å². The average Bonchev–Trinajstić information content (AvgIpc) is 2.45. The third-order valence-corrected chi connectivity index (χ3v) is 3.60. The number of rotatable bonds is 7. The maximum absolute atomic E-state index is 4.48. The first-order valence-electron chi connectivity index (χ1n) is 8.06. The number of hydrogen-bond acceptors (Lipinski definition) is 3. The second-order valence-corrected chi connectivity index (χ2v) is 6.05. The highest BCUT2D eigenvalue weighted by Crippen LogP contribution is 2.03. The van der Waals surface area contributed by atoms with E-state index >= 15 is 0 Å². The van der Waals surface area contributed by atoms with E-state index in [4.69, 9.17) is 0 Å². The summed E-state index contributed by atoms with van der Waals surface area (Å²) in [6, 6.07) is 7.15. The second-order valence-electron chi connectivity index (χ2n) is 6.05. The molecular formula is C17H31N5. The van der Waals surface area contributed by atoms with Crippen LogP contribution in [0.1, 0.15) is 39.1 Å². The smallest absolute Gasteiger partial charge is 0.191 e. The summed E-state index contributed by atoms with van der Waals surface area (Å²) in [6.45, 7) is 13.5. The zero-order chi connectivity index (χ0) is 16.5. The van der Waals surface area contributed by atoms with Crippen molar-refractivity contribution in [3.63, 3.8) is 0 Å². The molecule has 0 amide bonds. The van der Waals surface area contributed by atoms with Gasteiger partial charge in [0, 0.05) is 37.9 Å². The Balaban J connectivity index is 2.40. The van der Waals surface area contributed by atoms with Crippen molar-refractivity contribution in [2.45, 2.75) is 53.2 Å². The Hall–Kier alpha value is -1.62. The fraction of sp³-hybridized carbons (Fsp3) is 0.647. The third-order valence-electron chi connectivity index (χ3n) is 3.60. The topological polar surface area (TPSA) is 52.6 Å². The number of guanidine groups is 1. The van der Waals surface area contributed by atoms with Gasteiger partial charge in [-0.15, -0.1) is 0 Å². The van der Waals surface area contributed by atoms with Gasteiger partial charge in [0.2, 0.25) is 0 Å². The lowest BCUT2D eigenvalue weighted by Crippen LogP contribution is -2.45. The van der Waals surface area contributed by atoms with E-state index < -0.39 is 0 Å². The summed E-state index contributed by atoms with van der Waals surface area (Å²) in [5.41, 5.74) is 2.06. The van der Waals surface area contributed by atoms with Crippen LogP contribution in [0.3, 0.4) is 0 Å². The molecule has 0 bridgehead atoms. The molecule has 0 aromatic carbocycles. The largest absolute Gasteiger partial charge is 0.355 e. The van der Waals surface area contributed by atoms with E-state index in [0.717, 1.165) is 30.4 Å². The Labute approximate surface area is 135 Å². The molecule has 1 rings (SSSR count). The first-order chi connectivity index (χ1) is 10.4. The summed E-state index contributed by atoms with van der Waals surface area (Å²) in [4.78, 5) is 11.2. The van der Waals surface area contributed by atoms with E-state index in [-0.39, 0.29) is 0 Å². The van der Waals surface area contributed by atoms with Crippen LogP contribution in [0.5, 0.6) is 0 Å². The van der Waals surface area contributed by atoms with Crippen molar-refractivity contribution in [1.29, 1.82) is 0 Å². The van der Waals surface area contributed by atoms with E-state index in [1.807, 2.05) is 25.1 Å². The van der Waals surface area contributed by atoms with Gasteiger partial charge in [0.15, 0.2) is 5.96 Å². The Morgan fingerprint density at radius 1 is 1.18 bits per heavy atom. The number of aliphatic imine (C=N–C) groups is 1. The highest BCUT2D eigenvalue weighted by atomic mass is 15.2. The van der Waals surface area contributed by atoms with Gasteiger partial charge in [-0.2, -0.15) is 0 Å². The molecule has 2 N–H and O–H groups in total. The van der Waals surface area contributed by atoms with Crippen molar-refractivity contribution in [2.75, 3.05) is 20.1 Å². The van der Waals surface area contributed by atoms with Crippen LogP contribution in [-0.2, 0) is 6.54 Å². The Kier molecular flexibility index (Phi) is 7.88. The monoisotopic (exact) mass is 305 g/mol. The lowest BCUT2D eigenvalue weighted by molar-refractivity contribution is 0.178. The molecule has 0 saturated carbocycles. The second kappa shape index (κ2) is 9.41. The maximum atomic E-state index is 4.48. The van der Waals surface area contributed by atoms with Crippen molar-refractivity contribution in [2.24, 2.45) is 4.99 Å². The van der Waals surface area contributed by atoms with Crippen molar-refractivity contribution in [1.82, 2.24) is 20.5 Å². The van der Waals surface area contributed by atoms with E-state index in [9.17, 15) is 0 Å². The molecule has 5 heteroatoms. The van der Waals surface area contributed by atoms with Crippen LogP contribution < -0.4 is 10.6 Å². The quantitative estimate of drug-likeness (QED) is 0.599. The molecule has 1 heterocycles. The minimum absolute atomic E-state index is 0.549. The fourth-order valence-electron chi connectivity index (χ4n) is 2.51. The van der Waals surface area contributed by atoms with E-state index in [0.29, 0.717) is 18.6 Å². The van der Waals surface area contributed by atoms with Crippen molar-refractivity contribution in [3.8, 4) is 0 Å². The summed E-state index contributed by atoms with van der Waals surface area (Å²) >= 11 is 0. The molecule has 5 nitrogen and oxygen atoms in total. The van der Waals surface area contributed by atoms with Crippen LogP contribution in [0, 0.1) is 6.92 Å². The highest BCUT2D eigenvalue weighted by molar-refractivity contribution is 5.79. The van der Waals surface area contributed by atoms with Gasteiger partial charge in [-0.05, 0) is 46.8 Å². The molecule has 0 aliphatic heterocycles. The molecule has 0 fully saturated rings. The lowest BCUT2D eigenvalue weighted by Gasteiger charge is -2.30. The van der Waals surface area contributed by atoms with Gasteiger partial charge in [0.25, 0.3) is 0 Å². The molecule has 0 aliphatic rings. The predicted molar refractivity (Wildman–Crippen MR) is 94.2 cm³/mol. The van der Waals surface area contributed by atoms with E-state index in [2.05, 4.69) is 53.2 Å². The van der Waals surface area contributed by atoms with Crippen LogP contribution in [0.25, 0.3) is 0 Å². The molecule has 22 heavy (non-hydrogen) atoms. The Bertz CT molecular complexity index is 460. The van der Waals surface area contributed by atoms with Crippen LogP contribution in [0.2, 0.25) is 0 Å². The van der Waals surface area contributed by atoms with Crippen molar-refractivity contribution in [3.05, 3.63) is 29.6 Å². The molecule has 0 saturated heterocycles. The Morgan fingerprint density at radius 3 is 2.41 bits per heavy atom. The van der Waals surface area contributed by atoms with Gasteiger partial charge in [-0.1, -0.05) is 6.07 Å². The van der Waals surface area contributed by atoms with Crippen molar-refractivity contribution >= 4 is 5.96 Å². The molecule has 0 atom stereocenters. The molecule has 1 aromatic heterocycles. The number of aromatic nitrogens is 1. The Morgan fingerprint density at radius 2 is 1.86 bits per heavy atom. The van der Waals surface area contributed by atoms with Crippen LogP contribution in [0.15, 0.2) is 23.2 Å². The van der Waals surface area contributed by atoms with Crippen LogP contribution in [-0.4, -0.2) is 48.1 Å². The molecule has 1 aromatic rings. The maximum Gasteiger partial charge on any atom is 0.191 e. The third kappa shape index (κ3) is 6.43. The highest BCUT2D eigenvalue weighted by Gasteiger charge is 2.12. The molecule has 124 valence electrons. The normalized spacial score (nSPS) is 12.3. The van der Waals surface area contributed by atoms with Gasteiger partial charge in [0.05, 0.1) is 12.2 Å². The summed E-state index contributed by atoms with van der Waals surface area (Å²) < 4.78 is 0. The van der Waals surface area contributed by atoms with Gasteiger partial charge < -0.3 is 10.6 Å². The summed E-state index contributed by atoms with van der Waals surface area (Å²) in [6.07, 6.45) is 0. The molecular weight excluding hydrogens is 274 g/mol. The zero-order valence-corrected chi connectivity index (χ0v) is 14.8. The average molecular weight is 305 g/mol. The van der Waals surface area contributed by atoms with Crippen LogP contribution >= 0.6 is 0 Å². The molecule has 0 aliphatic carbocycles. The minimum atomic E-state index is 0.549. The van der Waals surface area contributed by atoms with E-state index in [1.165, 1.54) is 0 Å². The SMILES string of the molecule is CN=C(NCCN(C(C)C)C(C)C)NCc1cccc(C)n1. The zero-order valence-electron chi connectivity index (χ0n) is 14.8. The number of aryl methyl sites for hydroxylation is 1. The lowest BCUT2D eigenvalue weighted by atomic mass is 10.2. The summed E-state index contributed by atoms with van der Waals surface area (Å²) in [5, 5.41) is 6.67. The first kappa shape index (κ1) is 18.4. The summed E-state index contributed by atoms with van der Waals surface area (Å²) in [5.74, 6) is 0.816. The first-order valence-corrected chi connectivity index (χ1v) is 8.06. The number of nitrogens with zero attached hydrogens (tertiary/aromatic N) is 3. The van der Waals surface area contributed by atoms with Gasteiger partial charge in [-0.3, -0.25) is 14.9 Å². The minimum Gasteiger partial charge on any atom is -0.355 e. The summed E-state index contributed by atoms with van der Waals surface area (Å²) in [7, 11) is 1.79. The predicted octanol–water partition coefficient (Wildman–Crippen LogP) is 2.17.